The summed E-state index contributed by atoms with van der Waals surface area (Å²) in [6.45, 7) is 4.25. The Morgan fingerprint density at radius 2 is 2.27 bits per heavy atom. The third-order valence-electron chi connectivity index (χ3n) is 4.20. The Kier molecular flexibility index (Phi) is 4.17. The van der Waals surface area contributed by atoms with Crippen molar-refractivity contribution >= 4 is 28.9 Å². The third-order valence-corrected chi connectivity index (χ3v) is 5.53. The van der Waals surface area contributed by atoms with Crippen LogP contribution in [0.1, 0.15) is 31.2 Å². The molecule has 3 nitrogen and oxygen atoms in total. The summed E-state index contributed by atoms with van der Waals surface area (Å²) < 4.78 is 0. The first kappa shape index (κ1) is 15.1. The number of carbonyl (C=O) groups is 1. The van der Waals surface area contributed by atoms with Crippen molar-refractivity contribution in [1.29, 1.82) is 0 Å². The van der Waals surface area contributed by atoms with E-state index >= 15 is 0 Å². The van der Waals surface area contributed by atoms with Crippen LogP contribution in [0.15, 0.2) is 29.7 Å². The molecule has 2 atom stereocenters. The molecule has 2 aliphatic rings. The van der Waals surface area contributed by atoms with Crippen molar-refractivity contribution in [1.82, 2.24) is 0 Å². The summed E-state index contributed by atoms with van der Waals surface area (Å²) >= 11 is 1.93. The van der Waals surface area contributed by atoms with Crippen LogP contribution in [-0.2, 0) is 4.79 Å². The van der Waals surface area contributed by atoms with Crippen molar-refractivity contribution in [3.8, 4) is 12.3 Å². The molecular formula is C18H20N2OS. The molecule has 3 rings (SSSR count). The number of nitrogens with one attached hydrogen (secondary N) is 1. The number of hydrogen-bond acceptors (Lipinski definition) is 3. The molecule has 0 radical (unpaired) electrons. The summed E-state index contributed by atoms with van der Waals surface area (Å²) in [7, 11) is 0. The number of amides is 1. The second-order valence-corrected chi connectivity index (χ2v) is 7.36. The van der Waals surface area contributed by atoms with Crippen molar-refractivity contribution in [2.45, 2.75) is 41.9 Å². The van der Waals surface area contributed by atoms with Gasteiger partial charge in [0, 0.05) is 46.2 Å². The van der Waals surface area contributed by atoms with E-state index in [9.17, 15) is 4.79 Å². The van der Waals surface area contributed by atoms with Crippen LogP contribution in [-0.4, -0.2) is 17.2 Å². The quantitative estimate of drug-likeness (QED) is 0.821. The van der Waals surface area contributed by atoms with Gasteiger partial charge in [0.15, 0.2) is 0 Å². The van der Waals surface area contributed by atoms with E-state index in [1.54, 1.807) is 0 Å². The highest BCUT2D eigenvalue weighted by molar-refractivity contribution is 8.00. The first-order chi connectivity index (χ1) is 10.6. The Bertz CT molecular complexity index is 658. The molecule has 1 aliphatic carbocycles. The molecule has 0 bridgehead atoms. The zero-order chi connectivity index (χ0) is 15.7. The van der Waals surface area contributed by atoms with Gasteiger partial charge in [-0.1, -0.05) is 6.58 Å². The largest absolute Gasteiger partial charge is 0.381 e. The molecule has 22 heavy (non-hydrogen) atoms. The summed E-state index contributed by atoms with van der Waals surface area (Å²) in [6, 6.07) is 6.32. The summed E-state index contributed by atoms with van der Waals surface area (Å²) in [6.07, 6.45) is 8.94. The van der Waals surface area contributed by atoms with Crippen molar-refractivity contribution < 1.29 is 4.79 Å². The topological polar surface area (TPSA) is 55.1 Å². The van der Waals surface area contributed by atoms with Crippen LogP contribution in [0.3, 0.4) is 0 Å². The fourth-order valence-corrected chi connectivity index (χ4v) is 4.00. The Morgan fingerprint density at radius 1 is 1.50 bits per heavy atom. The molecule has 0 saturated heterocycles. The maximum absolute atomic E-state index is 11.3. The number of nitrogens with two attached hydrogens (primary N) is 1. The van der Waals surface area contributed by atoms with Crippen LogP contribution >= 0.6 is 11.8 Å². The zero-order valence-electron chi connectivity index (χ0n) is 12.5. The summed E-state index contributed by atoms with van der Waals surface area (Å²) in [4.78, 5) is 12.6. The first-order valence-electron chi connectivity index (χ1n) is 7.56. The van der Waals surface area contributed by atoms with Gasteiger partial charge in [0.05, 0.1) is 0 Å². The number of benzene rings is 1. The number of primary amides is 1. The molecule has 0 spiro atoms. The number of terminal acetylenes is 1. The highest BCUT2D eigenvalue weighted by atomic mass is 32.2. The van der Waals surface area contributed by atoms with E-state index in [2.05, 4.69) is 36.0 Å². The lowest BCUT2D eigenvalue weighted by Gasteiger charge is -2.35. The molecule has 2 unspecified atom stereocenters. The van der Waals surface area contributed by atoms with Crippen LogP contribution in [0.2, 0.25) is 0 Å². The zero-order valence-corrected chi connectivity index (χ0v) is 13.3. The predicted molar refractivity (Wildman–Crippen MR) is 92.5 cm³/mol. The molecule has 1 amide bonds. The fourth-order valence-electron chi connectivity index (χ4n) is 2.91. The van der Waals surface area contributed by atoms with Gasteiger partial charge in [0.2, 0.25) is 5.91 Å². The van der Waals surface area contributed by atoms with Gasteiger partial charge in [-0.25, -0.2) is 0 Å². The van der Waals surface area contributed by atoms with Crippen LogP contribution < -0.4 is 11.1 Å². The van der Waals surface area contributed by atoms with E-state index in [-0.39, 0.29) is 24.3 Å². The molecule has 1 aromatic rings. The highest BCUT2D eigenvalue weighted by Gasteiger charge is 2.32. The minimum atomic E-state index is -0.323. The SMILES string of the molecule is C#CCC1C(=C)c2cc(SC3CC3)ccc2NC1CC(N)=O. The van der Waals surface area contributed by atoms with E-state index < -0.39 is 0 Å². The molecule has 1 aromatic carbocycles. The van der Waals surface area contributed by atoms with Gasteiger partial charge in [0.1, 0.15) is 0 Å². The number of anilines is 1. The number of hydrogen-bond donors (Lipinski definition) is 2. The highest BCUT2D eigenvalue weighted by Crippen LogP contribution is 2.44. The second kappa shape index (κ2) is 6.10. The molecule has 3 N–H and O–H groups in total. The van der Waals surface area contributed by atoms with Crippen LogP contribution in [0.25, 0.3) is 5.57 Å². The minimum Gasteiger partial charge on any atom is -0.381 e. The normalized spacial score (nSPS) is 23.3. The van der Waals surface area contributed by atoms with Gasteiger partial charge >= 0.3 is 0 Å². The van der Waals surface area contributed by atoms with Gasteiger partial charge in [-0.2, -0.15) is 0 Å². The Labute approximate surface area is 135 Å². The number of carbonyl (C=O) groups excluding carboxylic acids is 1. The molecule has 1 saturated carbocycles. The van der Waals surface area contributed by atoms with E-state index in [4.69, 9.17) is 12.2 Å². The molecule has 1 heterocycles. The van der Waals surface area contributed by atoms with E-state index in [0.29, 0.717) is 6.42 Å². The number of thioether (sulfide) groups is 1. The summed E-state index contributed by atoms with van der Waals surface area (Å²) in [5.41, 5.74) is 8.52. The van der Waals surface area contributed by atoms with Crippen molar-refractivity contribution in [3.63, 3.8) is 0 Å². The lowest BCUT2D eigenvalue weighted by Crippen LogP contribution is -2.37. The summed E-state index contributed by atoms with van der Waals surface area (Å²) in [5, 5.41) is 4.19. The van der Waals surface area contributed by atoms with Gasteiger partial charge in [-0.05, 0) is 36.6 Å². The van der Waals surface area contributed by atoms with Gasteiger partial charge in [-0.3, -0.25) is 4.79 Å². The van der Waals surface area contributed by atoms with Crippen molar-refractivity contribution in [3.05, 3.63) is 30.3 Å². The number of fused-ring (bicyclic) bond motifs is 1. The fraction of sp³-hybridized carbons (Fsp3) is 0.389. The third kappa shape index (κ3) is 3.15. The average Bonchev–Trinajstić information content (AvgIpc) is 3.27. The monoisotopic (exact) mass is 312 g/mol. The predicted octanol–water partition coefficient (Wildman–Crippen LogP) is 3.26. The number of rotatable bonds is 5. The maximum Gasteiger partial charge on any atom is 0.219 e. The smallest absolute Gasteiger partial charge is 0.219 e. The molecular weight excluding hydrogens is 292 g/mol. The van der Waals surface area contributed by atoms with E-state index in [1.165, 1.54) is 17.7 Å². The van der Waals surface area contributed by atoms with Gasteiger partial charge in [-0.15, -0.1) is 24.1 Å². The lowest BCUT2D eigenvalue weighted by molar-refractivity contribution is -0.118. The first-order valence-corrected chi connectivity index (χ1v) is 8.44. The molecule has 114 valence electrons. The standard InChI is InChI=1S/C18H20N2OS/c1-3-4-14-11(2)15-9-13(22-12-5-6-12)7-8-16(15)20-17(14)10-18(19)21/h1,7-9,12,14,17,20H,2,4-6,10H2,(H2,19,21). The van der Waals surface area contributed by atoms with E-state index in [1.807, 2.05) is 11.8 Å². The average molecular weight is 312 g/mol. The lowest BCUT2D eigenvalue weighted by atomic mass is 9.80. The second-order valence-electron chi connectivity index (χ2n) is 5.99. The maximum atomic E-state index is 11.3. The van der Waals surface area contributed by atoms with Crippen LogP contribution in [0.4, 0.5) is 5.69 Å². The molecule has 1 aliphatic heterocycles. The van der Waals surface area contributed by atoms with Crippen LogP contribution in [0.5, 0.6) is 0 Å². The van der Waals surface area contributed by atoms with Crippen LogP contribution in [0, 0.1) is 18.3 Å². The van der Waals surface area contributed by atoms with E-state index in [0.717, 1.165) is 22.1 Å². The Balaban J connectivity index is 1.89. The van der Waals surface area contributed by atoms with Gasteiger partial charge in [0.25, 0.3) is 0 Å². The molecule has 4 heteroatoms. The van der Waals surface area contributed by atoms with Gasteiger partial charge < -0.3 is 11.1 Å². The summed E-state index contributed by atoms with van der Waals surface area (Å²) in [5.74, 6) is 2.43. The molecule has 0 aromatic heterocycles. The minimum absolute atomic E-state index is 0.0474. The van der Waals surface area contributed by atoms with Crippen molar-refractivity contribution in [2.75, 3.05) is 5.32 Å². The Hall–Kier alpha value is -1.86. The van der Waals surface area contributed by atoms with Crippen molar-refractivity contribution in [2.24, 2.45) is 11.7 Å². The molecule has 1 fully saturated rings. The Morgan fingerprint density at radius 3 is 2.91 bits per heavy atom.